The summed E-state index contributed by atoms with van der Waals surface area (Å²) in [4.78, 5) is 38.8. The number of hydrogen-bond donors (Lipinski definition) is 1. The smallest absolute Gasteiger partial charge is 0.328 e. The number of amides is 2. The minimum absolute atomic E-state index is 0.0430. The SMILES string of the molecule is Cc1ccc(N2CC(C(=O)N3CCOCC3C(=O)O)CC2=O)c(F)c1. The second-order valence-electron chi connectivity index (χ2n) is 6.32. The lowest BCUT2D eigenvalue weighted by Gasteiger charge is -2.34. The number of hydrogen-bond acceptors (Lipinski definition) is 4. The van der Waals surface area contributed by atoms with Crippen molar-refractivity contribution >= 4 is 23.5 Å². The third-order valence-corrected chi connectivity index (χ3v) is 4.56. The maximum Gasteiger partial charge on any atom is 0.328 e. The van der Waals surface area contributed by atoms with E-state index < -0.39 is 29.7 Å². The normalized spacial score (nSPS) is 23.8. The van der Waals surface area contributed by atoms with Gasteiger partial charge in [-0.15, -0.1) is 0 Å². The third kappa shape index (κ3) is 3.34. The van der Waals surface area contributed by atoms with Crippen LogP contribution in [0.4, 0.5) is 10.1 Å². The van der Waals surface area contributed by atoms with Crippen molar-refractivity contribution in [3.63, 3.8) is 0 Å². The Bertz CT molecular complexity index is 723. The zero-order valence-electron chi connectivity index (χ0n) is 13.8. The molecule has 134 valence electrons. The van der Waals surface area contributed by atoms with Gasteiger partial charge in [0.1, 0.15) is 5.82 Å². The van der Waals surface area contributed by atoms with Crippen LogP contribution in [0.15, 0.2) is 18.2 Å². The van der Waals surface area contributed by atoms with Crippen LogP contribution in [-0.4, -0.2) is 60.1 Å². The Kier molecular flexibility index (Phi) is 4.71. The number of carbonyl (C=O) groups excluding carboxylic acids is 2. The Labute approximate surface area is 144 Å². The van der Waals surface area contributed by atoms with Gasteiger partial charge in [-0.25, -0.2) is 9.18 Å². The molecule has 0 bridgehead atoms. The molecule has 1 aromatic rings. The van der Waals surface area contributed by atoms with Crippen molar-refractivity contribution in [2.75, 3.05) is 31.2 Å². The van der Waals surface area contributed by atoms with Crippen LogP contribution in [0.3, 0.4) is 0 Å². The number of carboxylic acid groups (broad SMARTS) is 1. The third-order valence-electron chi connectivity index (χ3n) is 4.56. The van der Waals surface area contributed by atoms with Crippen LogP contribution in [0, 0.1) is 18.7 Å². The molecule has 1 aromatic carbocycles. The number of aliphatic carboxylic acids is 1. The summed E-state index contributed by atoms with van der Waals surface area (Å²) < 4.78 is 19.3. The zero-order chi connectivity index (χ0) is 18.1. The lowest BCUT2D eigenvalue weighted by atomic mass is 10.1. The Hall–Kier alpha value is -2.48. The number of nitrogens with zero attached hydrogens (tertiary/aromatic N) is 2. The van der Waals surface area contributed by atoms with Gasteiger partial charge in [0.15, 0.2) is 6.04 Å². The number of morpholine rings is 1. The summed E-state index contributed by atoms with van der Waals surface area (Å²) >= 11 is 0. The zero-order valence-corrected chi connectivity index (χ0v) is 13.8. The summed E-state index contributed by atoms with van der Waals surface area (Å²) in [7, 11) is 0. The summed E-state index contributed by atoms with van der Waals surface area (Å²) in [5.41, 5.74) is 0.876. The molecule has 2 atom stereocenters. The van der Waals surface area contributed by atoms with E-state index in [1.165, 1.54) is 21.9 Å². The van der Waals surface area contributed by atoms with Gasteiger partial charge in [-0.05, 0) is 24.6 Å². The average Bonchev–Trinajstić information content (AvgIpc) is 2.96. The number of aryl methyl sites for hydroxylation is 1. The number of ether oxygens (including phenoxy) is 1. The van der Waals surface area contributed by atoms with Crippen LogP contribution in [0.25, 0.3) is 0 Å². The van der Waals surface area contributed by atoms with Crippen LogP contribution in [0.1, 0.15) is 12.0 Å². The van der Waals surface area contributed by atoms with Crippen molar-refractivity contribution in [3.8, 4) is 0 Å². The highest BCUT2D eigenvalue weighted by atomic mass is 19.1. The second kappa shape index (κ2) is 6.79. The molecule has 2 unspecified atom stereocenters. The highest BCUT2D eigenvalue weighted by molar-refractivity contribution is 6.01. The molecule has 2 aliphatic heterocycles. The molecule has 0 aromatic heterocycles. The summed E-state index contributed by atoms with van der Waals surface area (Å²) in [5.74, 6) is -3.09. The fraction of sp³-hybridized carbons (Fsp3) is 0.471. The van der Waals surface area contributed by atoms with Crippen LogP contribution in [0.2, 0.25) is 0 Å². The Balaban J connectivity index is 1.77. The molecule has 0 spiro atoms. The van der Waals surface area contributed by atoms with Crippen LogP contribution < -0.4 is 4.90 Å². The van der Waals surface area contributed by atoms with Gasteiger partial charge in [0.25, 0.3) is 0 Å². The van der Waals surface area contributed by atoms with Gasteiger partial charge >= 0.3 is 5.97 Å². The fourth-order valence-corrected chi connectivity index (χ4v) is 3.24. The van der Waals surface area contributed by atoms with Crippen LogP contribution >= 0.6 is 0 Å². The van der Waals surface area contributed by atoms with Gasteiger partial charge in [-0.3, -0.25) is 9.59 Å². The van der Waals surface area contributed by atoms with Gasteiger partial charge in [0, 0.05) is 19.5 Å². The minimum atomic E-state index is -1.14. The van der Waals surface area contributed by atoms with Gasteiger partial charge in [-0.2, -0.15) is 0 Å². The van der Waals surface area contributed by atoms with Crippen molar-refractivity contribution in [2.24, 2.45) is 5.92 Å². The van der Waals surface area contributed by atoms with Gasteiger partial charge in [0.2, 0.25) is 11.8 Å². The highest BCUT2D eigenvalue weighted by Gasteiger charge is 2.42. The standard InChI is InChI=1S/C17H19FN2O5/c1-10-2-3-13(12(18)6-10)20-8-11(7-15(20)21)16(22)19-4-5-25-9-14(19)17(23)24/h2-3,6,11,14H,4-5,7-9H2,1H3,(H,23,24). The monoisotopic (exact) mass is 350 g/mol. The number of carboxylic acids is 1. The first-order chi connectivity index (χ1) is 11.9. The quantitative estimate of drug-likeness (QED) is 0.871. The molecule has 2 saturated heterocycles. The minimum Gasteiger partial charge on any atom is -0.480 e. The molecule has 2 heterocycles. The van der Waals surface area contributed by atoms with Crippen molar-refractivity contribution in [1.29, 1.82) is 0 Å². The molecule has 2 amide bonds. The lowest BCUT2D eigenvalue weighted by molar-refractivity contribution is -0.160. The maximum atomic E-state index is 14.1. The molecule has 0 saturated carbocycles. The van der Waals surface area contributed by atoms with Gasteiger partial charge in [0.05, 0.1) is 24.8 Å². The number of carbonyl (C=O) groups is 3. The molecular weight excluding hydrogens is 331 g/mol. The molecule has 0 aliphatic carbocycles. The number of rotatable bonds is 3. The number of halogens is 1. The molecule has 0 radical (unpaired) electrons. The lowest BCUT2D eigenvalue weighted by Crippen LogP contribution is -2.54. The molecule has 25 heavy (non-hydrogen) atoms. The van der Waals surface area contributed by atoms with E-state index in [4.69, 9.17) is 4.74 Å². The fourth-order valence-electron chi connectivity index (χ4n) is 3.24. The first-order valence-corrected chi connectivity index (χ1v) is 8.06. The molecule has 2 fully saturated rings. The summed E-state index contributed by atoms with van der Waals surface area (Å²) in [6.45, 7) is 2.14. The summed E-state index contributed by atoms with van der Waals surface area (Å²) in [5, 5.41) is 9.24. The molecule has 8 heteroatoms. The molecule has 1 N–H and O–H groups in total. The molecule has 2 aliphatic rings. The Morgan fingerprint density at radius 2 is 2.12 bits per heavy atom. The van der Waals surface area contributed by atoms with E-state index in [2.05, 4.69) is 0 Å². The number of anilines is 1. The predicted octanol–water partition coefficient (Wildman–Crippen LogP) is 0.799. The Morgan fingerprint density at radius 1 is 1.36 bits per heavy atom. The summed E-state index contributed by atoms with van der Waals surface area (Å²) in [6.07, 6.45) is -0.0597. The molecule has 3 rings (SSSR count). The summed E-state index contributed by atoms with van der Waals surface area (Å²) in [6, 6.07) is 3.50. The van der Waals surface area contributed by atoms with Gasteiger partial charge < -0.3 is 19.6 Å². The molecule has 7 nitrogen and oxygen atoms in total. The van der Waals surface area contributed by atoms with Crippen molar-refractivity contribution in [1.82, 2.24) is 4.90 Å². The maximum absolute atomic E-state index is 14.1. The Morgan fingerprint density at radius 3 is 2.80 bits per heavy atom. The largest absolute Gasteiger partial charge is 0.480 e. The van der Waals surface area contributed by atoms with Crippen LogP contribution in [0.5, 0.6) is 0 Å². The molecular formula is C17H19FN2O5. The van der Waals surface area contributed by atoms with E-state index >= 15 is 0 Å². The second-order valence-corrected chi connectivity index (χ2v) is 6.32. The van der Waals surface area contributed by atoms with Crippen molar-refractivity contribution in [2.45, 2.75) is 19.4 Å². The topological polar surface area (TPSA) is 87.2 Å². The van der Waals surface area contributed by atoms with E-state index in [1.807, 2.05) is 0 Å². The van der Waals surface area contributed by atoms with Crippen molar-refractivity contribution < 1.29 is 28.6 Å². The highest BCUT2D eigenvalue weighted by Crippen LogP contribution is 2.29. The first kappa shape index (κ1) is 17.3. The van der Waals surface area contributed by atoms with Crippen LogP contribution in [-0.2, 0) is 19.1 Å². The van der Waals surface area contributed by atoms with E-state index in [-0.39, 0.29) is 44.3 Å². The van der Waals surface area contributed by atoms with Crippen molar-refractivity contribution in [3.05, 3.63) is 29.6 Å². The van der Waals surface area contributed by atoms with Gasteiger partial charge in [-0.1, -0.05) is 6.07 Å². The van der Waals surface area contributed by atoms with E-state index in [0.717, 1.165) is 5.56 Å². The predicted molar refractivity (Wildman–Crippen MR) is 85.6 cm³/mol. The first-order valence-electron chi connectivity index (χ1n) is 8.06. The van der Waals surface area contributed by atoms with E-state index in [0.29, 0.717) is 0 Å². The van der Waals surface area contributed by atoms with E-state index in [1.54, 1.807) is 13.0 Å². The average molecular weight is 350 g/mol. The van der Waals surface area contributed by atoms with E-state index in [9.17, 15) is 23.9 Å². The number of benzene rings is 1.